The lowest BCUT2D eigenvalue weighted by molar-refractivity contribution is -0.136. The van der Waals surface area contributed by atoms with Gasteiger partial charge >= 0.3 is 5.97 Å². The summed E-state index contributed by atoms with van der Waals surface area (Å²) < 4.78 is 4.30. The van der Waals surface area contributed by atoms with Gasteiger partial charge in [-0.05, 0) is 0 Å². The fraction of sp³-hybridized carbons (Fsp3) is 0.286. The van der Waals surface area contributed by atoms with Crippen molar-refractivity contribution in [1.82, 2.24) is 0 Å². The number of carbonyl (C=O) groups excluding carboxylic acids is 2. The molecule has 0 aliphatic heterocycles. The Morgan fingerprint density at radius 3 is 2.46 bits per heavy atom. The standard InChI is InChI=1S/C7H9ClN2O3/c1-10-6(8)4(3-11)5(9)7(12)13-2/h3H,9H2,1-2H3. The van der Waals surface area contributed by atoms with E-state index in [1.54, 1.807) is 0 Å². The zero-order valence-electron chi connectivity index (χ0n) is 7.20. The number of rotatable bonds is 3. The molecule has 0 amide bonds. The highest BCUT2D eigenvalue weighted by Crippen LogP contribution is 2.04. The van der Waals surface area contributed by atoms with Crippen molar-refractivity contribution >= 4 is 29.0 Å². The van der Waals surface area contributed by atoms with Crippen LogP contribution in [0, 0.1) is 0 Å². The molecule has 0 unspecified atom stereocenters. The molecule has 0 saturated carbocycles. The van der Waals surface area contributed by atoms with Gasteiger partial charge in [0.25, 0.3) is 0 Å². The smallest absolute Gasteiger partial charge is 0.354 e. The molecule has 0 aliphatic rings. The molecule has 0 saturated heterocycles. The number of halogens is 1. The first kappa shape index (κ1) is 11.6. The number of ether oxygens (including phenoxy) is 1. The summed E-state index contributed by atoms with van der Waals surface area (Å²) in [7, 11) is 2.52. The molecule has 0 radical (unpaired) electrons. The van der Waals surface area contributed by atoms with Crippen LogP contribution in [0.25, 0.3) is 0 Å². The molecule has 5 nitrogen and oxygen atoms in total. The van der Waals surface area contributed by atoms with Crippen molar-refractivity contribution in [2.24, 2.45) is 10.7 Å². The molecular weight excluding hydrogens is 196 g/mol. The van der Waals surface area contributed by atoms with Crippen molar-refractivity contribution in [3.8, 4) is 0 Å². The third-order valence-electron chi connectivity index (χ3n) is 1.23. The van der Waals surface area contributed by atoms with Gasteiger partial charge < -0.3 is 10.5 Å². The summed E-state index contributed by atoms with van der Waals surface area (Å²) >= 11 is 5.50. The Morgan fingerprint density at radius 1 is 1.62 bits per heavy atom. The zero-order valence-corrected chi connectivity index (χ0v) is 7.96. The van der Waals surface area contributed by atoms with Crippen molar-refractivity contribution in [3.63, 3.8) is 0 Å². The summed E-state index contributed by atoms with van der Waals surface area (Å²) in [5, 5.41) is -0.127. The molecule has 0 fully saturated rings. The molecule has 72 valence electrons. The average Bonchev–Trinajstić information content (AvgIpc) is 2.17. The molecule has 2 N–H and O–H groups in total. The van der Waals surface area contributed by atoms with E-state index < -0.39 is 5.97 Å². The Hall–Kier alpha value is -1.36. The van der Waals surface area contributed by atoms with Crippen LogP contribution >= 0.6 is 11.6 Å². The molecule has 0 spiro atoms. The van der Waals surface area contributed by atoms with E-state index in [4.69, 9.17) is 17.3 Å². The van der Waals surface area contributed by atoms with E-state index in [2.05, 4.69) is 9.73 Å². The van der Waals surface area contributed by atoms with Gasteiger partial charge in [0.2, 0.25) is 0 Å². The van der Waals surface area contributed by atoms with Gasteiger partial charge in [0.1, 0.15) is 10.9 Å². The van der Waals surface area contributed by atoms with E-state index >= 15 is 0 Å². The van der Waals surface area contributed by atoms with Gasteiger partial charge in [-0.25, -0.2) is 4.79 Å². The lowest BCUT2D eigenvalue weighted by atomic mass is 10.2. The quantitative estimate of drug-likeness (QED) is 0.300. The number of allylic oxidation sites excluding steroid dienone is 1. The topological polar surface area (TPSA) is 81.8 Å². The molecule has 0 heterocycles. The Bertz CT molecular complexity index is 283. The highest BCUT2D eigenvalue weighted by molar-refractivity contribution is 6.72. The predicted molar refractivity (Wildman–Crippen MR) is 48.5 cm³/mol. The summed E-state index contributed by atoms with van der Waals surface area (Å²) in [4.78, 5) is 24.8. The lowest BCUT2D eigenvalue weighted by Gasteiger charge is -2.01. The van der Waals surface area contributed by atoms with Gasteiger partial charge in [-0.1, -0.05) is 11.6 Å². The minimum atomic E-state index is -0.816. The van der Waals surface area contributed by atoms with Gasteiger partial charge in [-0.15, -0.1) is 0 Å². The highest BCUT2D eigenvalue weighted by atomic mass is 35.5. The van der Waals surface area contributed by atoms with Crippen molar-refractivity contribution in [1.29, 1.82) is 0 Å². The SMILES string of the molecule is CN=C(Cl)C(C=O)=C(N)C(=O)OC. The van der Waals surface area contributed by atoms with E-state index in [0.717, 1.165) is 7.11 Å². The van der Waals surface area contributed by atoms with E-state index in [-0.39, 0.29) is 16.4 Å². The second-order valence-corrected chi connectivity index (χ2v) is 2.31. The van der Waals surface area contributed by atoms with Crippen LogP contribution in [-0.4, -0.2) is 31.6 Å². The van der Waals surface area contributed by atoms with Crippen LogP contribution in [-0.2, 0) is 14.3 Å². The third-order valence-corrected chi connectivity index (χ3v) is 1.60. The van der Waals surface area contributed by atoms with Gasteiger partial charge in [0.15, 0.2) is 6.29 Å². The Labute approximate surface area is 80.2 Å². The van der Waals surface area contributed by atoms with Crippen LogP contribution in [0.1, 0.15) is 0 Å². The number of nitrogens with two attached hydrogens (primary N) is 1. The van der Waals surface area contributed by atoms with E-state index in [9.17, 15) is 9.59 Å². The Kier molecular flexibility index (Phi) is 4.76. The number of hydrogen-bond acceptors (Lipinski definition) is 5. The Morgan fingerprint density at radius 2 is 2.15 bits per heavy atom. The van der Waals surface area contributed by atoms with Crippen LogP contribution in [0.3, 0.4) is 0 Å². The molecule has 0 aromatic rings. The first-order valence-corrected chi connectivity index (χ1v) is 3.62. The molecule has 0 aromatic carbocycles. The molecule has 0 bridgehead atoms. The minimum absolute atomic E-state index is 0.127. The number of hydrogen-bond donors (Lipinski definition) is 1. The predicted octanol–water partition coefficient (Wildman–Crippen LogP) is -0.162. The van der Waals surface area contributed by atoms with E-state index in [1.165, 1.54) is 7.05 Å². The summed E-state index contributed by atoms with van der Waals surface area (Å²) in [6.07, 6.45) is 0.349. The summed E-state index contributed by atoms with van der Waals surface area (Å²) in [6, 6.07) is 0. The first-order valence-electron chi connectivity index (χ1n) is 3.24. The molecule has 0 atom stereocenters. The van der Waals surface area contributed by atoms with Crippen molar-refractivity contribution < 1.29 is 14.3 Å². The van der Waals surface area contributed by atoms with Crippen LogP contribution in [0.2, 0.25) is 0 Å². The maximum Gasteiger partial charge on any atom is 0.354 e. The first-order chi connectivity index (χ1) is 6.08. The fourth-order valence-electron chi connectivity index (χ4n) is 0.564. The molecular formula is C7H9ClN2O3. The number of nitrogens with zero attached hydrogens (tertiary/aromatic N) is 1. The second kappa shape index (κ2) is 5.31. The normalized spacial score (nSPS) is 13.3. The van der Waals surface area contributed by atoms with Crippen LogP contribution in [0.4, 0.5) is 0 Å². The zero-order chi connectivity index (χ0) is 10.4. The summed E-state index contributed by atoms with van der Waals surface area (Å²) in [5.74, 6) is -0.816. The van der Waals surface area contributed by atoms with Gasteiger partial charge in [-0.3, -0.25) is 9.79 Å². The summed E-state index contributed by atoms with van der Waals surface area (Å²) in [6.45, 7) is 0. The number of carbonyl (C=O) groups is 2. The van der Waals surface area contributed by atoms with Crippen molar-refractivity contribution in [2.45, 2.75) is 0 Å². The lowest BCUT2D eigenvalue weighted by Crippen LogP contribution is -2.18. The van der Waals surface area contributed by atoms with E-state index in [1.807, 2.05) is 0 Å². The third kappa shape index (κ3) is 2.87. The maximum absolute atomic E-state index is 10.9. The van der Waals surface area contributed by atoms with Crippen LogP contribution in [0.5, 0.6) is 0 Å². The largest absolute Gasteiger partial charge is 0.464 e. The van der Waals surface area contributed by atoms with Crippen molar-refractivity contribution in [3.05, 3.63) is 11.3 Å². The fourth-order valence-corrected chi connectivity index (χ4v) is 0.710. The number of aliphatic imine (C=N–C) groups is 1. The maximum atomic E-state index is 10.9. The molecule has 0 aromatic heterocycles. The highest BCUT2D eigenvalue weighted by Gasteiger charge is 2.14. The van der Waals surface area contributed by atoms with E-state index in [0.29, 0.717) is 6.29 Å². The van der Waals surface area contributed by atoms with Gasteiger partial charge in [0, 0.05) is 7.05 Å². The number of methoxy groups -OCH3 is 1. The number of aldehydes is 1. The molecule has 0 rings (SSSR count). The minimum Gasteiger partial charge on any atom is -0.464 e. The number of esters is 1. The second-order valence-electron chi connectivity index (χ2n) is 1.95. The van der Waals surface area contributed by atoms with Crippen molar-refractivity contribution in [2.75, 3.05) is 14.2 Å². The molecule has 6 heteroatoms. The molecule has 0 aliphatic carbocycles. The van der Waals surface area contributed by atoms with Gasteiger partial charge in [-0.2, -0.15) is 0 Å². The average molecular weight is 205 g/mol. The monoisotopic (exact) mass is 204 g/mol. The summed E-state index contributed by atoms with van der Waals surface area (Å²) in [5.41, 5.74) is 4.74. The Balaban J connectivity index is 5.13. The van der Waals surface area contributed by atoms with Gasteiger partial charge in [0.05, 0.1) is 12.7 Å². The molecule has 13 heavy (non-hydrogen) atoms. The van der Waals surface area contributed by atoms with Crippen LogP contribution < -0.4 is 5.73 Å². The van der Waals surface area contributed by atoms with Crippen LogP contribution in [0.15, 0.2) is 16.3 Å².